The second-order valence-corrected chi connectivity index (χ2v) is 5.86. The van der Waals surface area contributed by atoms with Gasteiger partial charge in [-0.2, -0.15) is 0 Å². The summed E-state index contributed by atoms with van der Waals surface area (Å²) in [6.07, 6.45) is 4.84. The Kier molecular flexibility index (Phi) is 5.37. The highest BCUT2D eigenvalue weighted by Crippen LogP contribution is 2.21. The molecule has 1 amide bonds. The van der Waals surface area contributed by atoms with E-state index in [0.717, 1.165) is 39.0 Å². The van der Waals surface area contributed by atoms with Gasteiger partial charge in [-0.1, -0.05) is 0 Å². The summed E-state index contributed by atoms with van der Waals surface area (Å²) < 4.78 is 0. The lowest BCUT2D eigenvalue weighted by molar-refractivity contribution is -0.138. The molecule has 0 spiro atoms. The number of carbonyl (C=O) groups is 2. The van der Waals surface area contributed by atoms with Gasteiger partial charge in [-0.25, -0.2) is 0 Å². The summed E-state index contributed by atoms with van der Waals surface area (Å²) in [5.41, 5.74) is 5.83. The maximum atomic E-state index is 12.3. The highest BCUT2D eigenvalue weighted by atomic mass is 16.4. The second-order valence-electron chi connectivity index (χ2n) is 5.86. The fourth-order valence-corrected chi connectivity index (χ4v) is 3.20. The van der Waals surface area contributed by atoms with Crippen LogP contribution in [0.25, 0.3) is 0 Å². The highest BCUT2D eigenvalue weighted by molar-refractivity contribution is 5.82. The van der Waals surface area contributed by atoms with Crippen molar-refractivity contribution in [2.75, 3.05) is 26.2 Å². The molecule has 0 aliphatic carbocycles. The molecule has 0 radical (unpaired) electrons. The van der Waals surface area contributed by atoms with Crippen LogP contribution in [-0.4, -0.2) is 65.0 Å². The Morgan fingerprint density at radius 1 is 1.20 bits per heavy atom. The van der Waals surface area contributed by atoms with Gasteiger partial charge in [-0.05, 0) is 45.2 Å². The molecular weight excluding hydrogens is 258 g/mol. The Hall–Kier alpha value is -1.14. The lowest BCUT2D eigenvalue weighted by Gasteiger charge is -2.38. The van der Waals surface area contributed by atoms with E-state index in [0.29, 0.717) is 6.04 Å². The Morgan fingerprint density at radius 2 is 1.90 bits per heavy atom. The van der Waals surface area contributed by atoms with E-state index < -0.39 is 12.0 Å². The van der Waals surface area contributed by atoms with Crippen molar-refractivity contribution in [2.45, 2.75) is 50.6 Å². The van der Waals surface area contributed by atoms with Crippen LogP contribution in [0.4, 0.5) is 0 Å². The van der Waals surface area contributed by atoms with E-state index in [4.69, 9.17) is 10.8 Å². The maximum absolute atomic E-state index is 12.3. The third-order valence-electron chi connectivity index (χ3n) is 4.35. The van der Waals surface area contributed by atoms with Crippen LogP contribution in [0.1, 0.15) is 38.5 Å². The number of hydrogen-bond donors (Lipinski definition) is 2. The summed E-state index contributed by atoms with van der Waals surface area (Å²) in [7, 11) is 0. The Bertz CT molecular complexity index is 356. The third-order valence-corrected chi connectivity index (χ3v) is 4.35. The molecule has 2 rings (SSSR count). The molecule has 114 valence electrons. The topological polar surface area (TPSA) is 86.9 Å². The SMILES string of the molecule is NC(CCC(=O)O)C(=O)N1CCCC(N2CCCC2)C1. The van der Waals surface area contributed by atoms with Crippen molar-refractivity contribution in [1.29, 1.82) is 0 Å². The van der Waals surface area contributed by atoms with Gasteiger partial charge in [0.15, 0.2) is 0 Å². The minimum absolute atomic E-state index is 0.0453. The molecule has 3 N–H and O–H groups in total. The minimum atomic E-state index is -0.901. The fraction of sp³-hybridized carbons (Fsp3) is 0.857. The smallest absolute Gasteiger partial charge is 0.303 e. The number of aliphatic carboxylic acids is 1. The molecule has 2 unspecified atom stereocenters. The molecule has 20 heavy (non-hydrogen) atoms. The number of likely N-dealkylation sites (tertiary alicyclic amines) is 2. The average molecular weight is 283 g/mol. The first-order valence-corrected chi connectivity index (χ1v) is 7.58. The van der Waals surface area contributed by atoms with E-state index in [1.807, 2.05) is 4.90 Å². The van der Waals surface area contributed by atoms with Crippen LogP contribution in [-0.2, 0) is 9.59 Å². The molecule has 2 heterocycles. The summed E-state index contributed by atoms with van der Waals surface area (Å²) in [5.74, 6) is -0.989. The normalized spacial score (nSPS) is 25.6. The van der Waals surface area contributed by atoms with Crippen LogP contribution in [0.3, 0.4) is 0 Å². The highest BCUT2D eigenvalue weighted by Gasteiger charge is 2.31. The molecule has 0 saturated carbocycles. The summed E-state index contributed by atoms with van der Waals surface area (Å²) in [6, 6.07) is -0.217. The van der Waals surface area contributed by atoms with Crippen molar-refractivity contribution in [2.24, 2.45) is 5.73 Å². The zero-order valence-corrected chi connectivity index (χ0v) is 12.0. The van der Waals surface area contributed by atoms with E-state index in [1.165, 1.54) is 12.8 Å². The van der Waals surface area contributed by atoms with Crippen LogP contribution in [0, 0.1) is 0 Å². The van der Waals surface area contributed by atoms with Gasteiger partial charge >= 0.3 is 5.97 Å². The molecule has 6 heteroatoms. The predicted octanol–water partition coefficient (Wildman–Crippen LogP) is 0.265. The molecule has 0 bridgehead atoms. The second kappa shape index (κ2) is 7.04. The van der Waals surface area contributed by atoms with Gasteiger partial charge in [0.1, 0.15) is 0 Å². The van der Waals surface area contributed by atoms with Gasteiger partial charge < -0.3 is 15.7 Å². The first-order valence-electron chi connectivity index (χ1n) is 7.58. The Morgan fingerprint density at radius 3 is 2.55 bits per heavy atom. The van der Waals surface area contributed by atoms with Crippen molar-refractivity contribution in [3.05, 3.63) is 0 Å². The lowest BCUT2D eigenvalue weighted by Crippen LogP contribution is -2.53. The summed E-state index contributed by atoms with van der Waals surface area (Å²) in [6.45, 7) is 3.78. The zero-order chi connectivity index (χ0) is 14.5. The van der Waals surface area contributed by atoms with Crippen molar-refractivity contribution >= 4 is 11.9 Å². The average Bonchev–Trinajstić information content (AvgIpc) is 2.98. The van der Waals surface area contributed by atoms with Crippen LogP contribution in [0.15, 0.2) is 0 Å². The van der Waals surface area contributed by atoms with Crippen LogP contribution in [0.2, 0.25) is 0 Å². The molecule has 2 saturated heterocycles. The van der Waals surface area contributed by atoms with Crippen molar-refractivity contribution in [3.8, 4) is 0 Å². The number of amides is 1. The quantitative estimate of drug-likeness (QED) is 0.756. The van der Waals surface area contributed by atoms with E-state index in [-0.39, 0.29) is 18.7 Å². The third kappa shape index (κ3) is 3.93. The van der Waals surface area contributed by atoms with Gasteiger partial charge in [-0.15, -0.1) is 0 Å². The van der Waals surface area contributed by atoms with Gasteiger partial charge in [0.2, 0.25) is 5.91 Å². The van der Waals surface area contributed by atoms with E-state index in [9.17, 15) is 9.59 Å². The van der Waals surface area contributed by atoms with Gasteiger partial charge in [-0.3, -0.25) is 14.5 Å². The molecule has 0 aromatic rings. The molecule has 6 nitrogen and oxygen atoms in total. The van der Waals surface area contributed by atoms with Crippen molar-refractivity contribution in [1.82, 2.24) is 9.80 Å². The van der Waals surface area contributed by atoms with E-state index >= 15 is 0 Å². The van der Waals surface area contributed by atoms with Crippen molar-refractivity contribution < 1.29 is 14.7 Å². The van der Waals surface area contributed by atoms with Gasteiger partial charge in [0, 0.05) is 25.6 Å². The zero-order valence-electron chi connectivity index (χ0n) is 12.0. The fourth-order valence-electron chi connectivity index (χ4n) is 3.20. The van der Waals surface area contributed by atoms with E-state index in [1.54, 1.807) is 0 Å². The largest absolute Gasteiger partial charge is 0.481 e. The van der Waals surface area contributed by atoms with Crippen LogP contribution < -0.4 is 5.73 Å². The number of carboxylic acid groups (broad SMARTS) is 1. The number of carbonyl (C=O) groups excluding carboxylic acids is 1. The summed E-state index contributed by atoms with van der Waals surface area (Å²) in [4.78, 5) is 27.1. The number of carboxylic acids is 1. The van der Waals surface area contributed by atoms with Crippen molar-refractivity contribution in [3.63, 3.8) is 0 Å². The number of rotatable bonds is 5. The van der Waals surface area contributed by atoms with Crippen LogP contribution >= 0.6 is 0 Å². The van der Waals surface area contributed by atoms with Gasteiger partial charge in [0.05, 0.1) is 6.04 Å². The lowest BCUT2D eigenvalue weighted by atomic mass is 10.0. The summed E-state index contributed by atoms with van der Waals surface area (Å²) >= 11 is 0. The number of nitrogens with two attached hydrogens (primary N) is 1. The standard InChI is InChI=1S/C14H25N3O3/c15-12(5-6-13(18)19)14(20)17-9-3-4-11(10-17)16-7-1-2-8-16/h11-12H,1-10,15H2,(H,18,19). The maximum Gasteiger partial charge on any atom is 0.303 e. The van der Waals surface area contributed by atoms with Crippen LogP contribution in [0.5, 0.6) is 0 Å². The Balaban J connectivity index is 1.84. The minimum Gasteiger partial charge on any atom is -0.481 e. The molecule has 2 aliphatic heterocycles. The first-order chi connectivity index (χ1) is 9.58. The Labute approximate surface area is 119 Å². The molecule has 2 aliphatic rings. The monoisotopic (exact) mass is 283 g/mol. The molecule has 0 aromatic carbocycles. The number of nitrogens with zero attached hydrogens (tertiary/aromatic N) is 2. The molecule has 2 fully saturated rings. The predicted molar refractivity (Wildman–Crippen MR) is 75.3 cm³/mol. The van der Waals surface area contributed by atoms with Gasteiger partial charge in [0.25, 0.3) is 0 Å². The number of piperidine rings is 1. The summed E-state index contributed by atoms with van der Waals surface area (Å²) in [5, 5.41) is 8.65. The first kappa shape index (κ1) is 15.3. The number of hydrogen-bond acceptors (Lipinski definition) is 4. The molecular formula is C14H25N3O3. The molecule has 0 aromatic heterocycles. The molecule has 2 atom stereocenters. The van der Waals surface area contributed by atoms with E-state index in [2.05, 4.69) is 4.90 Å².